The second-order valence-corrected chi connectivity index (χ2v) is 4.67. The summed E-state index contributed by atoms with van der Waals surface area (Å²) in [5, 5.41) is 3.11. The van der Waals surface area contributed by atoms with Crippen molar-refractivity contribution < 1.29 is 18.9 Å². The number of hydrogen-bond acceptors (Lipinski definition) is 5. The van der Waals surface area contributed by atoms with Crippen molar-refractivity contribution in [3.63, 3.8) is 0 Å². The molecule has 0 saturated heterocycles. The standard InChI is InChI=1S/C16H27NO4/c1-5-6-7-20-8-9-21-16-14(18-3)10-13(12-17-2)11-15(16)19-4/h10-11,17H,5-9,12H2,1-4H3. The van der Waals surface area contributed by atoms with Crippen LogP contribution in [-0.4, -0.2) is 41.1 Å². The highest BCUT2D eigenvalue weighted by molar-refractivity contribution is 5.53. The van der Waals surface area contributed by atoms with Gasteiger partial charge in [-0.2, -0.15) is 0 Å². The fourth-order valence-corrected chi connectivity index (χ4v) is 1.93. The summed E-state index contributed by atoms with van der Waals surface area (Å²) in [4.78, 5) is 0. The molecule has 0 fully saturated rings. The Hall–Kier alpha value is -1.46. The predicted molar refractivity (Wildman–Crippen MR) is 83.5 cm³/mol. The molecule has 0 aromatic heterocycles. The molecule has 0 radical (unpaired) electrons. The van der Waals surface area contributed by atoms with E-state index in [1.54, 1.807) is 14.2 Å². The lowest BCUT2D eigenvalue weighted by molar-refractivity contribution is 0.0958. The number of benzene rings is 1. The molecule has 0 spiro atoms. The van der Waals surface area contributed by atoms with Crippen molar-refractivity contribution in [1.82, 2.24) is 5.32 Å². The van der Waals surface area contributed by atoms with Gasteiger partial charge < -0.3 is 24.3 Å². The molecule has 1 aromatic carbocycles. The van der Waals surface area contributed by atoms with Crippen LogP contribution in [0.4, 0.5) is 0 Å². The molecule has 21 heavy (non-hydrogen) atoms. The Morgan fingerprint density at radius 2 is 1.67 bits per heavy atom. The minimum atomic E-state index is 0.474. The van der Waals surface area contributed by atoms with Crippen molar-refractivity contribution in [2.24, 2.45) is 0 Å². The third-order valence-corrected chi connectivity index (χ3v) is 3.02. The van der Waals surface area contributed by atoms with Crippen LogP contribution in [0, 0.1) is 0 Å². The lowest BCUT2D eigenvalue weighted by atomic mass is 10.2. The predicted octanol–water partition coefficient (Wildman–Crippen LogP) is 2.62. The molecule has 0 atom stereocenters. The Morgan fingerprint density at radius 1 is 1.00 bits per heavy atom. The molecule has 5 nitrogen and oxygen atoms in total. The van der Waals surface area contributed by atoms with Crippen LogP contribution in [0.2, 0.25) is 0 Å². The molecule has 0 aliphatic rings. The van der Waals surface area contributed by atoms with Gasteiger partial charge in [0.2, 0.25) is 5.75 Å². The van der Waals surface area contributed by atoms with Crippen molar-refractivity contribution in [1.29, 1.82) is 0 Å². The minimum absolute atomic E-state index is 0.474. The molecule has 5 heteroatoms. The number of rotatable bonds is 11. The van der Waals surface area contributed by atoms with E-state index in [1.807, 2.05) is 19.2 Å². The summed E-state index contributed by atoms with van der Waals surface area (Å²) in [6.07, 6.45) is 2.21. The van der Waals surface area contributed by atoms with E-state index in [1.165, 1.54) is 0 Å². The van der Waals surface area contributed by atoms with Gasteiger partial charge in [0.1, 0.15) is 6.61 Å². The van der Waals surface area contributed by atoms with Crippen LogP contribution in [0.3, 0.4) is 0 Å². The first-order valence-electron chi connectivity index (χ1n) is 7.36. The van der Waals surface area contributed by atoms with Gasteiger partial charge in [-0.3, -0.25) is 0 Å². The van der Waals surface area contributed by atoms with Crippen molar-refractivity contribution in [3.05, 3.63) is 17.7 Å². The number of hydrogen-bond donors (Lipinski definition) is 1. The van der Waals surface area contributed by atoms with Gasteiger partial charge in [0.05, 0.1) is 20.8 Å². The molecule has 120 valence electrons. The zero-order valence-corrected chi connectivity index (χ0v) is 13.5. The topological polar surface area (TPSA) is 49.0 Å². The number of unbranched alkanes of at least 4 members (excludes halogenated alkanes) is 1. The Bertz CT molecular complexity index is 384. The SMILES string of the molecule is CCCCOCCOc1c(OC)cc(CNC)cc1OC. The maximum atomic E-state index is 5.77. The van der Waals surface area contributed by atoms with Gasteiger partial charge in [0, 0.05) is 13.2 Å². The first-order chi connectivity index (χ1) is 10.3. The van der Waals surface area contributed by atoms with Crippen molar-refractivity contribution in [3.8, 4) is 17.2 Å². The van der Waals surface area contributed by atoms with Crippen LogP contribution in [-0.2, 0) is 11.3 Å². The molecular formula is C16H27NO4. The maximum absolute atomic E-state index is 5.77. The zero-order chi connectivity index (χ0) is 15.5. The monoisotopic (exact) mass is 297 g/mol. The molecule has 0 heterocycles. The van der Waals surface area contributed by atoms with Gasteiger partial charge in [-0.15, -0.1) is 0 Å². The van der Waals surface area contributed by atoms with Crippen molar-refractivity contribution >= 4 is 0 Å². The van der Waals surface area contributed by atoms with Crippen LogP contribution in [0.5, 0.6) is 17.2 Å². The van der Waals surface area contributed by atoms with Gasteiger partial charge in [0.25, 0.3) is 0 Å². The largest absolute Gasteiger partial charge is 0.493 e. The van der Waals surface area contributed by atoms with E-state index in [4.69, 9.17) is 18.9 Å². The van der Waals surface area contributed by atoms with Gasteiger partial charge in [-0.05, 0) is 31.2 Å². The summed E-state index contributed by atoms with van der Waals surface area (Å²) < 4.78 is 22.1. The fourth-order valence-electron chi connectivity index (χ4n) is 1.93. The van der Waals surface area contributed by atoms with Crippen LogP contribution in [0.1, 0.15) is 25.3 Å². The molecule has 1 rings (SSSR count). The highest BCUT2D eigenvalue weighted by Crippen LogP contribution is 2.38. The van der Waals surface area contributed by atoms with Crippen molar-refractivity contribution in [2.45, 2.75) is 26.3 Å². The van der Waals surface area contributed by atoms with E-state index in [-0.39, 0.29) is 0 Å². The van der Waals surface area contributed by atoms with E-state index in [2.05, 4.69) is 12.2 Å². The summed E-state index contributed by atoms with van der Waals surface area (Å²) in [5.74, 6) is 1.97. The highest BCUT2D eigenvalue weighted by Gasteiger charge is 2.14. The Balaban J connectivity index is 2.66. The summed E-state index contributed by atoms with van der Waals surface area (Å²) in [5.41, 5.74) is 1.08. The molecule has 0 saturated carbocycles. The molecule has 0 bridgehead atoms. The average Bonchev–Trinajstić information content (AvgIpc) is 2.51. The van der Waals surface area contributed by atoms with Crippen molar-refractivity contribution in [2.75, 3.05) is 41.1 Å². The highest BCUT2D eigenvalue weighted by atomic mass is 16.6. The van der Waals surface area contributed by atoms with Crippen LogP contribution in [0.15, 0.2) is 12.1 Å². The second-order valence-electron chi connectivity index (χ2n) is 4.67. The number of ether oxygens (including phenoxy) is 4. The van der Waals surface area contributed by atoms with Gasteiger partial charge in [0.15, 0.2) is 11.5 Å². The summed E-state index contributed by atoms with van der Waals surface area (Å²) >= 11 is 0. The lowest BCUT2D eigenvalue weighted by Gasteiger charge is -2.16. The van der Waals surface area contributed by atoms with Gasteiger partial charge in [-0.25, -0.2) is 0 Å². The Morgan fingerprint density at radius 3 is 2.19 bits per heavy atom. The number of methoxy groups -OCH3 is 2. The summed E-state index contributed by atoms with van der Waals surface area (Å²) in [6, 6.07) is 3.90. The van der Waals surface area contributed by atoms with E-state index in [0.717, 1.165) is 31.6 Å². The molecule has 0 aliphatic carbocycles. The first kappa shape index (κ1) is 17.6. The normalized spacial score (nSPS) is 10.5. The third-order valence-electron chi connectivity index (χ3n) is 3.02. The van der Waals surface area contributed by atoms with Gasteiger partial charge in [-0.1, -0.05) is 13.3 Å². The van der Waals surface area contributed by atoms with E-state index >= 15 is 0 Å². The van der Waals surface area contributed by atoms with E-state index < -0.39 is 0 Å². The second kappa shape index (κ2) is 10.3. The molecule has 1 aromatic rings. The van der Waals surface area contributed by atoms with Crippen LogP contribution >= 0.6 is 0 Å². The molecule has 0 unspecified atom stereocenters. The third kappa shape index (κ3) is 5.81. The molecule has 1 N–H and O–H groups in total. The zero-order valence-electron chi connectivity index (χ0n) is 13.5. The summed E-state index contributed by atoms with van der Waals surface area (Å²) in [6.45, 7) is 4.69. The lowest BCUT2D eigenvalue weighted by Crippen LogP contribution is -2.10. The fraction of sp³-hybridized carbons (Fsp3) is 0.625. The summed E-state index contributed by atoms with van der Waals surface area (Å²) in [7, 11) is 5.15. The molecular weight excluding hydrogens is 270 g/mol. The van der Waals surface area contributed by atoms with Gasteiger partial charge >= 0.3 is 0 Å². The maximum Gasteiger partial charge on any atom is 0.203 e. The first-order valence-corrected chi connectivity index (χ1v) is 7.36. The molecule has 0 amide bonds. The quantitative estimate of drug-likeness (QED) is 0.636. The Kier molecular flexibility index (Phi) is 8.62. The minimum Gasteiger partial charge on any atom is -0.493 e. The Labute approximate surface area is 127 Å². The smallest absolute Gasteiger partial charge is 0.203 e. The molecule has 0 aliphatic heterocycles. The number of nitrogens with one attached hydrogen (secondary N) is 1. The van der Waals surface area contributed by atoms with Crippen LogP contribution < -0.4 is 19.5 Å². The average molecular weight is 297 g/mol. The van der Waals surface area contributed by atoms with Crippen LogP contribution in [0.25, 0.3) is 0 Å². The van der Waals surface area contributed by atoms with E-state index in [0.29, 0.717) is 30.5 Å². The van der Waals surface area contributed by atoms with E-state index in [9.17, 15) is 0 Å².